The van der Waals surface area contributed by atoms with Gasteiger partial charge in [-0.25, -0.2) is 9.69 Å². The normalized spacial score (nSPS) is 25.0. The molecule has 1 aliphatic heterocycles. The molecule has 0 spiro atoms. The third-order valence-corrected chi connectivity index (χ3v) is 4.29. The highest BCUT2D eigenvalue weighted by molar-refractivity contribution is 6.05. The van der Waals surface area contributed by atoms with Crippen LogP contribution >= 0.6 is 0 Å². The number of hydrogen-bond donors (Lipinski definition) is 2. The van der Waals surface area contributed by atoms with Gasteiger partial charge in [-0.05, 0) is 29.5 Å². The van der Waals surface area contributed by atoms with E-state index in [-0.39, 0.29) is 11.5 Å². The molecular formula is C16H15NO4. The molecule has 21 heavy (non-hydrogen) atoms. The zero-order valence-electron chi connectivity index (χ0n) is 11.3. The summed E-state index contributed by atoms with van der Waals surface area (Å²) in [7, 11) is 0. The number of carbonyl (C=O) groups excluding carboxylic acids is 1. The highest BCUT2D eigenvalue weighted by Gasteiger charge is 2.52. The number of carboxylic acid groups (broad SMARTS) is 1. The van der Waals surface area contributed by atoms with Crippen LogP contribution in [0.15, 0.2) is 42.7 Å². The number of allylic oxidation sites excluding steroid dienone is 1. The Morgan fingerprint density at radius 2 is 2.24 bits per heavy atom. The Labute approximate surface area is 121 Å². The fourth-order valence-corrected chi connectivity index (χ4v) is 3.46. The predicted octanol–water partition coefficient (Wildman–Crippen LogP) is 2.59. The lowest BCUT2D eigenvalue weighted by Gasteiger charge is -2.19. The van der Waals surface area contributed by atoms with E-state index in [1.54, 1.807) is 6.08 Å². The second kappa shape index (κ2) is 4.77. The quantitative estimate of drug-likeness (QED) is 0.497. The zero-order valence-corrected chi connectivity index (χ0v) is 11.3. The van der Waals surface area contributed by atoms with Gasteiger partial charge < -0.3 is 10.2 Å². The van der Waals surface area contributed by atoms with Crippen molar-refractivity contribution in [3.63, 3.8) is 0 Å². The number of fused-ring (bicyclic) bond motifs is 3. The summed E-state index contributed by atoms with van der Waals surface area (Å²) in [6.07, 6.45) is 2.52. The third kappa shape index (κ3) is 1.77. The van der Waals surface area contributed by atoms with Crippen molar-refractivity contribution in [2.75, 3.05) is 0 Å². The van der Waals surface area contributed by atoms with E-state index in [2.05, 4.69) is 6.58 Å². The molecule has 2 N–H and O–H groups in total. The lowest BCUT2D eigenvalue weighted by atomic mass is 9.97. The topological polar surface area (TPSA) is 77.8 Å². The van der Waals surface area contributed by atoms with Crippen molar-refractivity contribution in [2.45, 2.75) is 18.9 Å². The summed E-state index contributed by atoms with van der Waals surface area (Å²) >= 11 is 0. The van der Waals surface area contributed by atoms with Crippen molar-refractivity contribution in [3.8, 4) is 0 Å². The Morgan fingerprint density at radius 3 is 2.86 bits per heavy atom. The zero-order chi connectivity index (χ0) is 15.1. The number of rotatable bonds is 2. The average Bonchev–Trinajstić information content (AvgIpc) is 2.93. The fraction of sp³-hybridized carbons (Fsp3) is 0.250. The van der Waals surface area contributed by atoms with Crippen LogP contribution in [-0.2, 0) is 17.6 Å². The van der Waals surface area contributed by atoms with Crippen molar-refractivity contribution < 1.29 is 19.8 Å². The molecule has 0 bridgehead atoms. The largest absolute Gasteiger partial charge is 0.515 e. The highest BCUT2D eigenvalue weighted by atomic mass is 16.4. The van der Waals surface area contributed by atoms with Gasteiger partial charge >= 0.3 is 6.09 Å². The summed E-state index contributed by atoms with van der Waals surface area (Å²) in [5, 5.41) is 18.6. The third-order valence-electron chi connectivity index (χ3n) is 4.29. The van der Waals surface area contributed by atoms with E-state index in [0.29, 0.717) is 12.8 Å². The Bertz CT molecular complexity index is 677. The fourth-order valence-electron chi connectivity index (χ4n) is 3.46. The van der Waals surface area contributed by atoms with Gasteiger partial charge in [0.2, 0.25) is 0 Å². The van der Waals surface area contributed by atoms with Gasteiger partial charge in [-0.15, -0.1) is 6.58 Å². The standard InChI is InChI=1S/C16H15NO4/c1-2-4-9-5-3-6-10-11(9)7-12-13(8-18)15(19)17(14(10)12)16(20)21/h2-3,5-6,8,12,14,18H,1,4,7H2,(H,20,21). The average molecular weight is 285 g/mol. The van der Waals surface area contributed by atoms with Crippen LogP contribution in [0.3, 0.4) is 0 Å². The smallest absolute Gasteiger partial charge is 0.414 e. The van der Waals surface area contributed by atoms with Crippen molar-refractivity contribution in [1.29, 1.82) is 0 Å². The van der Waals surface area contributed by atoms with Gasteiger partial charge in [0.15, 0.2) is 0 Å². The van der Waals surface area contributed by atoms with E-state index in [9.17, 15) is 19.8 Å². The van der Waals surface area contributed by atoms with Gasteiger partial charge in [-0.1, -0.05) is 24.3 Å². The minimum absolute atomic E-state index is 0.170. The van der Waals surface area contributed by atoms with Crippen LogP contribution in [0.2, 0.25) is 0 Å². The van der Waals surface area contributed by atoms with Gasteiger partial charge in [-0.2, -0.15) is 0 Å². The number of likely N-dealkylation sites (tertiary alicyclic amines) is 1. The van der Waals surface area contributed by atoms with Gasteiger partial charge in [-0.3, -0.25) is 4.79 Å². The van der Waals surface area contributed by atoms with Crippen LogP contribution in [-0.4, -0.2) is 27.1 Å². The summed E-state index contributed by atoms with van der Waals surface area (Å²) in [4.78, 5) is 24.4. The lowest BCUT2D eigenvalue weighted by Crippen LogP contribution is -2.33. The molecular weight excluding hydrogens is 270 g/mol. The second-order valence-electron chi connectivity index (χ2n) is 5.28. The molecule has 5 heteroatoms. The molecule has 2 aliphatic rings. The Hall–Kier alpha value is -2.56. The number of aliphatic hydroxyl groups excluding tert-OH is 1. The van der Waals surface area contributed by atoms with Crippen molar-refractivity contribution in [1.82, 2.24) is 4.90 Å². The molecule has 1 heterocycles. The van der Waals surface area contributed by atoms with E-state index in [1.807, 2.05) is 18.2 Å². The number of carbonyl (C=O) groups is 2. The van der Waals surface area contributed by atoms with Crippen LogP contribution < -0.4 is 0 Å². The molecule has 1 aromatic rings. The molecule has 1 fully saturated rings. The predicted molar refractivity (Wildman–Crippen MR) is 75.9 cm³/mol. The number of imide groups is 1. The summed E-state index contributed by atoms with van der Waals surface area (Å²) in [6, 6.07) is 5.17. The number of amides is 2. The second-order valence-corrected chi connectivity index (χ2v) is 5.28. The lowest BCUT2D eigenvalue weighted by molar-refractivity contribution is -0.124. The number of benzene rings is 1. The van der Waals surface area contributed by atoms with Crippen LogP contribution in [0, 0.1) is 5.92 Å². The van der Waals surface area contributed by atoms with Gasteiger partial charge in [0, 0.05) is 5.92 Å². The van der Waals surface area contributed by atoms with Crippen LogP contribution in [0.1, 0.15) is 22.7 Å². The van der Waals surface area contributed by atoms with Crippen LogP contribution in [0.4, 0.5) is 4.79 Å². The molecule has 2 amide bonds. The van der Waals surface area contributed by atoms with E-state index in [4.69, 9.17) is 0 Å². The van der Waals surface area contributed by atoms with Gasteiger partial charge in [0.1, 0.15) is 0 Å². The first-order valence-electron chi connectivity index (χ1n) is 6.72. The van der Waals surface area contributed by atoms with Crippen LogP contribution in [0.25, 0.3) is 0 Å². The molecule has 3 rings (SSSR count). The maximum absolute atomic E-state index is 12.1. The Balaban J connectivity index is 2.14. The monoisotopic (exact) mass is 285 g/mol. The van der Waals surface area contributed by atoms with E-state index >= 15 is 0 Å². The highest BCUT2D eigenvalue weighted by Crippen LogP contribution is 2.50. The molecule has 1 saturated heterocycles. The summed E-state index contributed by atoms with van der Waals surface area (Å²) in [6.45, 7) is 3.73. The van der Waals surface area contributed by atoms with Gasteiger partial charge in [0.05, 0.1) is 17.9 Å². The van der Waals surface area contributed by atoms with Gasteiger partial charge in [0.25, 0.3) is 5.91 Å². The number of aliphatic hydroxyl groups is 1. The molecule has 0 saturated carbocycles. The molecule has 2 unspecified atom stereocenters. The maximum atomic E-state index is 12.1. The molecule has 2 atom stereocenters. The van der Waals surface area contributed by atoms with Crippen molar-refractivity contribution >= 4 is 12.0 Å². The minimum Gasteiger partial charge on any atom is -0.515 e. The summed E-state index contributed by atoms with van der Waals surface area (Å²) in [5.41, 5.74) is 3.17. The first-order valence-corrected chi connectivity index (χ1v) is 6.72. The van der Waals surface area contributed by atoms with Crippen LogP contribution in [0.5, 0.6) is 0 Å². The van der Waals surface area contributed by atoms with Crippen molar-refractivity contribution in [3.05, 3.63) is 59.4 Å². The first kappa shape index (κ1) is 13.4. The SMILES string of the molecule is C=CCc1cccc2c1CC1C(=CO)C(=O)N(C(=O)O)C21. The maximum Gasteiger partial charge on any atom is 0.414 e. The van der Waals surface area contributed by atoms with E-state index < -0.39 is 18.0 Å². The summed E-state index contributed by atoms with van der Waals surface area (Å²) in [5.74, 6) is -0.931. The number of hydrogen-bond acceptors (Lipinski definition) is 3. The molecule has 108 valence electrons. The minimum atomic E-state index is -1.28. The van der Waals surface area contributed by atoms with E-state index in [1.165, 1.54) is 0 Å². The van der Waals surface area contributed by atoms with E-state index in [0.717, 1.165) is 27.9 Å². The number of nitrogens with zero attached hydrogens (tertiary/aromatic N) is 1. The molecule has 1 aromatic carbocycles. The Kier molecular flexibility index (Phi) is 3.05. The molecule has 1 aliphatic carbocycles. The van der Waals surface area contributed by atoms with Crippen molar-refractivity contribution in [2.24, 2.45) is 5.92 Å². The molecule has 0 radical (unpaired) electrons. The Morgan fingerprint density at radius 1 is 1.48 bits per heavy atom. The molecule has 5 nitrogen and oxygen atoms in total. The first-order chi connectivity index (χ1) is 10.1. The summed E-state index contributed by atoms with van der Waals surface area (Å²) < 4.78 is 0. The molecule has 0 aromatic heterocycles.